The molecule has 17 heteroatoms. The summed E-state index contributed by atoms with van der Waals surface area (Å²) in [7, 11) is 1.38. The number of amides is 1. The van der Waals surface area contributed by atoms with Gasteiger partial charge in [-0.3, -0.25) is 14.4 Å². The number of hydrogen-bond acceptors (Lipinski definition) is 16. The lowest BCUT2D eigenvalue weighted by Crippen LogP contribution is -2.82. The van der Waals surface area contributed by atoms with E-state index in [-0.39, 0.29) is 43.1 Å². The summed E-state index contributed by atoms with van der Waals surface area (Å²) in [6, 6.07) is 23.5. The van der Waals surface area contributed by atoms with E-state index in [1.54, 1.807) is 93.6 Å². The number of aliphatic hydroxyl groups is 2. The number of ether oxygens (including phenoxy) is 8. The van der Waals surface area contributed by atoms with Gasteiger partial charge in [-0.15, -0.1) is 0 Å². The molecule has 1 aliphatic heterocycles. The Morgan fingerprint density at radius 2 is 1.49 bits per heavy atom. The standard InChI is InChI=1S/C50H57NO16/c1-28-34(65-45(57)39(54)38(32-19-13-9-14-20-32)51-46(58)61-25-31-17-11-8-12-18-31)24-50(59)43(66-44(56)33-21-15-10-16-22-33)41-48(6,42(55)40(64-29(2)52)37(28)47(50,4)5)35(63-27-60-7)23-36-49(41,26-62-36)67-30(3)53/h8-22,34-36,38-41,43,54,59H,23-27H2,1-7H3,(H,51,58)/t34-,35-,36+,38-,39+,40+,41?,43?,48+,49-,50+/m0/s1. The van der Waals surface area contributed by atoms with Gasteiger partial charge in [-0.1, -0.05) is 92.7 Å². The number of hydrogen-bond donors (Lipinski definition) is 3. The highest BCUT2D eigenvalue weighted by atomic mass is 16.7. The van der Waals surface area contributed by atoms with Crippen LogP contribution >= 0.6 is 0 Å². The summed E-state index contributed by atoms with van der Waals surface area (Å²) in [6.07, 6.45) is -10.8. The van der Waals surface area contributed by atoms with Crippen molar-refractivity contribution < 1.29 is 76.9 Å². The number of alkyl carbamates (subject to hydrolysis) is 1. The maximum atomic E-state index is 15.9. The monoisotopic (exact) mass is 927 g/mol. The fourth-order valence-corrected chi connectivity index (χ4v) is 10.6. The first kappa shape index (κ1) is 48.9. The lowest BCUT2D eigenvalue weighted by molar-refractivity contribution is -0.351. The highest BCUT2D eigenvalue weighted by Gasteiger charge is 2.78. The molecule has 67 heavy (non-hydrogen) atoms. The molecule has 3 aromatic carbocycles. The summed E-state index contributed by atoms with van der Waals surface area (Å²) in [6.45, 7) is 7.81. The van der Waals surface area contributed by atoms with Gasteiger partial charge in [-0.05, 0) is 48.3 Å². The van der Waals surface area contributed by atoms with Crippen LogP contribution in [0.15, 0.2) is 102 Å². The minimum absolute atomic E-state index is 0.0235. The van der Waals surface area contributed by atoms with Gasteiger partial charge in [0.2, 0.25) is 0 Å². The maximum Gasteiger partial charge on any atom is 0.408 e. The summed E-state index contributed by atoms with van der Waals surface area (Å²) in [5, 5.41) is 28.3. The zero-order valence-electron chi connectivity index (χ0n) is 38.4. The summed E-state index contributed by atoms with van der Waals surface area (Å²) < 4.78 is 47.8. The Bertz CT molecular complexity index is 2370. The average molecular weight is 928 g/mol. The van der Waals surface area contributed by atoms with Gasteiger partial charge in [-0.2, -0.15) is 0 Å². The molecule has 7 rings (SSSR count). The number of benzene rings is 3. The molecular weight excluding hydrogens is 871 g/mol. The van der Waals surface area contributed by atoms with Gasteiger partial charge in [0.15, 0.2) is 23.6 Å². The molecule has 2 bridgehead atoms. The van der Waals surface area contributed by atoms with Crippen LogP contribution in [0.5, 0.6) is 0 Å². The Morgan fingerprint density at radius 1 is 0.866 bits per heavy atom. The van der Waals surface area contributed by atoms with Crippen LogP contribution in [0.25, 0.3) is 0 Å². The Balaban J connectivity index is 1.37. The number of rotatable bonds is 14. The molecule has 4 aliphatic rings. The molecule has 17 nitrogen and oxygen atoms in total. The van der Waals surface area contributed by atoms with Crippen molar-refractivity contribution in [3.63, 3.8) is 0 Å². The maximum absolute atomic E-state index is 15.9. The van der Waals surface area contributed by atoms with Crippen molar-refractivity contribution >= 4 is 35.8 Å². The third kappa shape index (κ3) is 8.98. The van der Waals surface area contributed by atoms with Crippen LogP contribution in [-0.4, -0.2) is 114 Å². The fraction of sp³-hybridized carbons (Fsp3) is 0.480. The van der Waals surface area contributed by atoms with Crippen molar-refractivity contribution in [3.05, 3.63) is 119 Å². The largest absolute Gasteiger partial charge is 0.456 e. The number of aliphatic hydroxyl groups excluding tert-OH is 1. The van der Waals surface area contributed by atoms with E-state index in [4.69, 9.17) is 37.9 Å². The Labute approximate surface area is 388 Å². The fourth-order valence-electron chi connectivity index (χ4n) is 10.6. The molecule has 0 radical (unpaired) electrons. The predicted molar refractivity (Wildman–Crippen MR) is 234 cm³/mol. The van der Waals surface area contributed by atoms with E-state index in [9.17, 15) is 34.2 Å². The van der Waals surface area contributed by atoms with Crippen LogP contribution in [0.2, 0.25) is 0 Å². The minimum Gasteiger partial charge on any atom is -0.456 e. The first-order chi connectivity index (χ1) is 31.8. The number of esters is 4. The summed E-state index contributed by atoms with van der Waals surface area (Å²) in [5.74, 6) is -6.05. The van der Waals surface area contributed by atoms with Gasteiger partial charge in [0.1, 0.15) is 37.3 Å². The number of nitrogens with one attached hydrogen (secondary N) is 1. The van der Waals surface area contributed by atoms with Crippen LogP contribution < -0.4 is 5.32 Å². The van der Waals surface area contributed by atoms with Crippen molar-refractivity contribution in [3.8, 4) is 0 Å². The zero-order valence-corrected chi connectivity index (χ0v) is 38.4. The summed E-state index contributed by atoms with van der Waals surface area (Å²) in [4.78, 5) is 84.4. The lowest BCUT2D eigenvalue weighted by Gasteiger charge is -2.67. The SMILES string of the molecule is COCO[C@H]1C[C@H]2OC[C@@]2(OC(C)=O)C2C(OC(=O)c3ccccc3)[C@]3(O)C[C@H](OC(=O)[C@H](O)[C@@H](NC(=O)OCc4ccccc4)c4ccccc4)C(C)=C([C@@H](OC(C)=O)C(=O)[C@@]21C)C3(C)C. The second-order valence-electron chi connectivity index (χ2n) is 18.3. The number of carbonyl (C=O) groups excluding carboxylic acids is 6. The highest BCUT2D eigenvalue weighted by Crippen LogP contribution is 2.65. The van der Waals surface area contributed by atoms with Gasteiger partial charge in [0, 0.05) is 39.2 Å². The van der Waals surface area contributed by atoms with E-state index in [1.807, 2.05) is 6.07 Å². The topological polar surface area (TPSA) is 229 Å². The van der Waals surface area contributed by atoms with Crippen molar-refractivity contribution in [1.29, 1.82) is 0 Å². The molecule has 2 saturated carbocycles. The Kier molecular flexibility index (Phi) is 14.1. The normalized spacial score (nSPS) is 30.3. The predicted octanol–water partition coefficient (Wildman–Crippen LogP) is 4.86. The van der Waals surface area contributed by atoms with Gasteiger partial charge in [0.25, 0.3) is 0 Å². The van der Waals surface area contributed by atoms with E-state index in [0.717, 1.165) is 6.92 Å². The van der Waals surface area contributed by atoms with E-state index in [0.29, 0.717) is 11.1 Å². The molecule has 1 amide bonds. The van der Waals surface area contributed by atoms with Gasteiger partial charge >= 0.3 is 30.0 Å². The lowest BCUT2D eigenvalue weighted by atomic mass is 9.44. The minimum atomic E-state index is -2.39. The molecule has 3 aliphatic carbocycles. The molecule has 358 valence electrons. The van der Waals surface area contributed by atoms with Gasteiger partial charge < -0.3 is 53.4 Å². The molecule has 3 aromatic rings. The van der Waals surface area contributed by atoms with E-state index < -0.39 is 113 Å². The molecule has 0 aromatic heterocycles. The zero-order chi connectivity index (χ0) is 48.5. The van der Waals surface area contributed by atoms with Crippen LogP contribution in [0, 0.1) is 16.7 Å². The van der Waals surface area contributed by atoms with Gasteiger partial charge in [0.05, 0.1) is 35.6 Å². The molecule has 1 heterocycles. The number of carbonyl (C=O) groups is 6. The molecular formula is C50H57NO16. The number of Topliss-reactive ketones (excluding diaryl/α,β-unsaturated/α-hetero) is 1. The van der Waals surface area contributed by atoms with Crippen molar-refractivity contribution in [2.45, 2.75) is 115 Å². The first-order valence-corrected chi connectivity index (χ1v) is 22.0. The van der Waals surface area contributed by atoms with Crippen LogP contribution in [0.4, 0.5) is 4.79 Å². The second kappa shape index (κ2) is 19.3. The molecule has 1 saturated heterocycles. The smallest absolute Gasteiger partial charge is 0.408 e. The second-order valence-corrected chi connectivity index (χ2v) is 18.3. The average Bonchev–Trinajstić information content (AvgIpc) is 3.29. The number of ketones is 1. The van der Waals surface area contributed by atoms with E-state index >= 15 is 4.79 Å². The molecule has 2 unspecified atom stereocenters. The Morgan fingerprint density at radius 3 is 2.07 bits per heavy atom. The third-order valence-corrected chi connectivity index (χ3v) is 14.0. The molecule has 0 spiro atoms. The number of fused-ring (bicyclic) bond motifs is 5. The van der Waals surface area contributed by atoms with Crippen molar-refractivity contribution in [1.82, 2.24) is 5.32 Å². The summed E-state index contributed by atoms with van der Waals surface area (Å²) >= 11 is 0. The van der Waals surface area contributed by atoms with Crippen LogP contribution in [0.1, 0.15) is 81.9 Å². The van der Waals surface area contributed by atoms with E-state index in [1.165, 1.54) is 33.1 Å². The van der Waals surface area contributed by atoms with Crippen molar-refractivity contribution in [2.24, 2.45) is 16.7 Å². The van der Waals surface area contributed by atoms with Crippen LogP contribution in [-0.2, 0) is 63.7 Å². The third-order valence-electron chi connectivity index (χ3n) is 14.0. The Hall–Kier alpha value is -5.98. The molecule has 3 N–H and O–H groups in total. The quantitative estimate of drug-likeness (QED) is 0.0849. The van der Waals surface area contributed by atoms with E-state index in [2.05, 4.69) is 5.32 Å². The van der Waals surface area contributed by atoms with Crippen LogP contribution in [0.3, 0.4) is 0 Å². The van der Waals surface area contributed by atoms with Crippen molar-refractivity contribution in [2.75, 3.05) is 20.5 Å². The molecule has 11 atom stereocenters. The first-order valence-electron chi connectivity index (χ1n) is 22.0. The number of methoxy groups -OCH3 is 1. The summed E-state index contributed by atoms with van der Waals surface area (Å²) in [5.41, 5.74) is -6.41. The molecule has 3 fully saturated rings. The van der Waals surface area contributed by atoms with Gasteiger partial charge in [-0.25, -0.2) is 14.4 Å². The highest BCUT2D eigenvalue weighted by molar-refractivity contribution is 5.95.